The summed E-state index contributed by atoms with van der Waals surface area (Å²) in [5.41, 5.74) is 0.0268. The Hall–Kier alpha value is -1.89. The number of aliphatic hydroxyl groups excluding tert-OH is 1. The van der Waals surface area contributed by atoms with E-state index < -0.39 is 17.8 Å². The molecule has 1 unspecified atom stereocenters. The fraction of sp³-hybridized carbons (Fsp3) is 0.273. The quantitative estimate of drug-likeness (QED) is 0.898. The summed E-state index contributed by atoms with van der Waals surface area (Å²) in [5, 5.41) is 12.9. The lowest BCUT2D eigenvalue weighted by Crippen LogP contribution is -2.03. The van der Waals surface area contributed by atoms with Crippen molar-refractivity contribution < 1.29 is 18.3 Å². The Kier molecular flexibility index (Phi) is 3.08. The maximum atomic E-state index is 12.4. The van der Waals surface area contributed by atoms with E-state index in [1.165, 1.54) is 12.3 Å². The van der Waals surface area contributed by atoms with Crippen molar-refractivity contribution in [2.24, 2.45) is 0 Å². The SMILES string of the molecule is CC(O)c1ccc(-n2cc(C(F)(F)F)cn2)cn1. The van der Waals surface area contributed by atoms with E-state index >= 15 is 0 Å². The van der Waals surface area contributed by atoms with Gasteiger partial charge in [-0.25, -0.2) is 4.68 Å². The number of aromatic nitrogens is 3. The molecule has 7 heteroatoms. The number of rotatable bonds is 2. The summed E-state index contributed by atoms with van der Waals surface area (Å²) in [6.45, 7) is 1.55. The molecule has 4 nitrogen and oxygen atoms in total. The van der Waals surface area contributed by atoms with Gasteiger partial charge in [0.2, 0.25) is 0 Å². The van der Waals surface area contributed by atoms with Crippen LogP contribution in [0, 0.1) is 0 Å². The minimum atomic E-state index is -4.41. The highest BCUT2D eigenvalue weighted by Crippen LogP contribution is 2.29. The fourth-order valence-corrected chi connectivity index (χ4v) is 1.39. The molecular formula is C11H10F3N3O. The van der Waals surface area contributed by atoms with Crippen molar-refractivity contribution in [2.75, 3.05) is 0 Å². The van der Waals surface area contributed by atoms with Crippen LogP contribution in [0.1, 0.15) is 24.3 Å². The van der Waals surface area contributed by atoms with Gasteiger partial charge in [-0.3, -0.25) is 4.98 Å². The summed E-state index contributed by atoms with van der Waals surface area (Å²) in [7, 11) is 0. The summed E-state index contributed by atoms with van der Waals surface area (Å²) < 4.78 is 38.2. The number of pyridine rings is 1. The van der Waals surface area contributed by atoms with E-state index in [1.54, 1.807) is 13.0 Å². The molecule has 2 aromatic rings. The van der Waals surface area contributed by atoms with Gasteiger partial charge in [-0.1, -0.05) is 0 Å². The molecule has 0 aliphatic rings. The van der Waals surface area contributed by atoms with Gasteiger partial charge in [0.15, 0.2) is 0 Å². The van der Waals surface area contributed by atoms with Crippen LogP contribution in [0.25, 0.3) is 5.69 Å². The summed E-state index contributed by atoms with van der Waals surface area (Å²) in [6.07, 6.45) is -2.13. The summed E-state index contributed by atoms with van der Waals surface area (Å²) >= 11 is 0. The van der Waals surface area contributed by atoms with Gasteiger partial charge in [-0.2, -0.15) is 18.3 Å². The molecule has 0 aromatic carbocycles. The highest BCUT2D eigenvalue weighted by atomic mass is 19.4. The Bertz CT molecular complexity index is 531. The van der Waals surface area contributed by atoms with Crippen LogP contribution in [0.5, 0.6) is 0 Å². The minimum Gasteiger partial charge on any atom is -0.387 e. The number of nitrogens with zero attached hydrogens (tertiary/aromatic N) is 3. The molecule has 0 bridgehead atoms. The lowest BCUT2D eigenvalue weighted by Gasteiger charge is -2.05. The van der Waals surface area contributed by atoms with Crippen molar-refractivity contribution in [2.45, 2.75) is 19.2 Å². The number of alkyl halides is 3. The molecule has 2 aromatic heterocycles. The van der Waals surface area contributed by atoms with E-state index in [0.29, 0.717) is 11.4 Å². The van der Waals surface area contributed by atoms with Crippen molar-refractivity contribution >= 4 is 0 Å². The number of hydrogen-bond donors (Lipinski definition) is 1. The third kappa shape index (κ3) is 2.51. The summed E-state index contributed by atoms with van der Waals surface area (Å²) in [4.78, 5) is 3.93. The third-order valence-electron chi connectivity index (χ3n) is 2.37. The number of aliphatic hydroxyl groups is 1. The molecule has 1 N–H and O–H groups in total. The van der Waals surface area contributed by atoms with Gasteiger partial charge in [-0.05, 0) is 19.1 Å². The van der Waals surface area contributed by atoms with Crippen molar-refractivity contribution in [3.63, 3.8) is 0 Å². The van der Waals surface area contributed by atoms with Gasteiger partial charge in [0.1, 0.15) is 0 Å². The van der Waals surface area contributed by atoms with Crippen molar-refractivity contribution in [1.29, 1.82) is 0 Å². The zero-order valence-corrected chi connectivity index (χ0v) is 9.39. The first-order chi connectivity index (χ1) is 8.38. The van der Waals surface area contributed by atoms with E-state index in [0.717, 1.165) is 17.1 Å². The van der Waals surface area contributed by atoms with E-state index in [4.69, 9.17) is 0 Å². The summed E-state index contributed by atoms with van der Waals surface area (Å²) in [5.74, 6) is 0. The van der Waals surface area contributed by atoms with Gasteiger partial charge < -0.3 is 5.11 Å². The standard InChI is InChI=1S/C11H10F3N3O/c1-7(18)10-3-2-9(5-15-10)17-6-8(4-16-17)11(12,13)14/h2-7,18H,1H3. The lowest BCUT2D eigenvalue weighted by molar-refractivity contribution is -0.137. The molecule has 0 spiro atoms. The molecule has 0 saturated carbocycles. The van der Waals surface area contributed by atoms with Gasteiger partial charge in [0, 0.05) is 6.20 Å². The molecule has 2 rings (SSSR count). The van der Waals surface area contributed by atoms with E-state index in [2.05, 4.69) is 10.1 Å². The van der Waals surface area contributed by atoms with Crippen molar-refractivity contribution in [3.05, 3.63) is 42.0 Å². The monoisotopic (exact) mass is 257 g/mol. The Morgan fingerprint density at radius 2 is 2.00 bits per heavy atom. The normalized spacial score (nSPS) is 13.6. The molecule has 0 aliphatic heterocycles. The zero-order valence-electron chi connectivity index (χ0n) is 9.39. The van der Waals surface area contributed by atoms with Crippen LogP contribution in [0.3, 0.4) is 0 Å². The second kappa shape index (κ2) is 4.41. The third-order valence-corrected chi connectivity index (χ3v) is 2.37. The van der Waals surface area contributed by atoms with Gasteiger partial charge >= 0.3 is 6.18 Å². The second-order valence-corrected chi connectivity index (χ2v) is 3.79. The van der Waals surface area contributed by atoms with Crippen LogP contribution >= 0.6 is 0 Å². The number of hydrogen-bond acceptors (Lipinski definition) is 3. The average Bonchev–Trinajstić information content (AvgIpc) is 2.78. The Labute approximate surface area is 101 Å². The summed E-state index contributed by atoms with van der Waals surface area (Å²) in [6, 6.07) is 3.08. The molecule has 0 aliphatic carbocycles. The van der Waals surface area contributed by atoms with E-state index in [1.807, 2.05) is 0 Å². The largest absolute Gasteiger partial charge is 0.419 e. The predicted molar refractivity (Wildman–Crippen MR) is 57.0 cm³/mol. The second-order valence-electron chi connectivity index (χ2n) is 3.79. The van der Waals surface area contributed by atoms with Crippen LogP contribution in [0.4, 0.5) is 13.2 Å². The van der Waals surface area contributed by atoms with Gasteiger partial charge in [0.25, 0.3) is 0 Å². The molecule has 18 heavy (non-hydrogen) atoms. The first kappa shape index (κ1) is 12.6. The smallest absolute Gasteiger partial charge is 0.387 e. The van der Waals surface area contributed by atoms with Crippen molar-refractivity contribution in [1.82, 2.24) is 14.8 Å². The van der Waals surface area contributed by atoms with Crippen LogP contribution in [-0.4, -0.2) is 19.9 Å². The first-order valence-electron chi connectivity index (χ1n) is 5.14. The Morgan fingerprint density at radius 3 is 2.44 bits per heavy atom. The van der Waals surface area contributed by atoms with E-state index in [-0.39, 0.29) is 0 Å². The maximum absolute atomic E-state index is 12.4. The Morgan fingerprint density at radius 1 is 1.28 bits per heavy atom. The molecule has 0 radical (unpaired) electrons. The highest BCUT2D eigenvalue weighted by molar-refractivity contribution is 5.30. The topological polar surface area (TPSA) is 50.9 Å². The van der Waals surface area contributed by atoms with E-state index in [9.17, 15) is 18.3 Å². The number of halogens is 3. The predicted octanol–water partition coefficient (Wildman–Crippen LogP) is 2.34. The van der Waals surface area contributed by atoms with Crippen LogP contribution in [0.15, 0.2) is 30.7 Å². The Balaban J connectivity index is 2.29. The lowest BCUT2D eigenvalue weighted by atomic mass is 10.2. The molecular weight excluding hydrogens is 247 g/mol. The maximum Gasteiger partial charge on any atom is 0.419 e. The first-order valence-corrected chi connectivity index (χ1v) is 5.14. The van der Waals surface area contributed by atoms with Crippen LogP contribution in [-0.2, 0) is 6.18 Å². The minimum absolute atomic E-state index is 0.398. The molecule has 2 heterocycles. The molecule has 0 saturated heterocycles. The molecule has 0 amide bonds. The van der Waals surface area contributed by atoms with Crippen LogP contribution < -0.4 is 0 Å². The van der Waals surface area contributed by atoms with Gasteiger partial charge in [0.05, 0.1) is 35.4 Å². The molecule has 0 fully saturated rings. The molecule has 1 atom stereocenters. The molecule has 96 valence electrons. The van der Waals surface area contributed by atoms with Crippen LogP contribution in [0.2, 0.25) is 0 Å². The highest BCUT2D eigenvalue weighted by Gasteiger charge is 2.32. The zero-order chi connectivity index (χ0) is 13.3. The average molecular weight is 257 g/mol. The fourth-order valence-electron chi connectivity index (χ4n) is 1.39. The van der Waals surface area contributed by atoms with Gasteiger partial charge in [-0.15, -0.1) is 0 Å². The van der Waals surface area contributed by atoms with Crippen molar-refractivity contribution in [3.8, 4) is 5.69 Å².